The molecule has 3 nitrogen and oxygen atoms in total. The van der Waals surface area contributed by atoms with Crippen molar-refractivity contribution < 1.29 is 4.79 Å². The Morgan fingerprint density at radius 2 is 1.52 bits per heavy atom. The summed E-state index contributed by atoms with van der Waals surface area (Å²) in [5.74, 6) is -0.127. The van der Waals surface area contributed by atoms with E-state index in [0.717, 1.165) is 22.4 Å². The molecule has 0 heterocycles. The third kappa shape index (κ3) is 3.40. The lowest BCUT2D eigenvalue weighted by Gasteiger charge is -2.09. The Kier molecular flexibility index (Phi) is 4.11. The van der Waals surface area contributed by atoms with Crippen LogP contribution in [-0.2, 0) is 0 Å². The van der Waals surface area contributed by atoms with Crippen LogP contribution in [0.3, 0.4) is 0 Å². The monoisotopic (exact) mass is 302 g/mol. The standard InChI is InChI=1S/C20H18N2O/c1-14-13-18(21)11-12-19(14)22-20(23)17-9-7-16(8-10-17)15-5-3-2-4-6-15/h2-13H,21H2,1H3,(H,22,23). The summed E-state index contributed by atoms with van der Waals surface area (Å²) in [6.45, 7) is 1.92. The van der Waals surface area contributed by atoms with E-state index in [9.17, 15) is 4.79 Å². The van der Waals surface area contributed by atoms with Gasteiger partial charge in [-0.1, -0.05) is 42.5 Å². The minimum absolute atomic E-state index is 0.127. The number of aryl methyl sites for hydroxylation is 1. The molecule has 0 unspecified atom stereocenters. The Morgan fingerprint density at radius 3 is 2.17 bits per heavy atom. The third-order valence-corrected chi connectivity index (χ3v) is 3.75. The first-order chi connectivity index (χ1) is 11.1. The maximum atomic E-state index is 12.4. The van der Waals surface area contributed by atoms with Gasteiger partial charge in [-0.2, -0.15) is 0 Å². The predicted octanol–water partition coefficient (Wildman–Crippen LogP) is 4.50. The lowest BCUT2D eigenvalue weighted by atomic mass is 10.0. The van der Waals surface area contributed by atoms with Crippen LogP contribution in [0.5, 0.6) is 0 Å². The summed E-state index contributed by atoms with van der Waals surface area (Å²) in [6, 6.07) is 23.1. The van der Waals surface area contributed by atoms with Gasteiger partial charge in [-0.15, -0.1) is 0 Å². The number of amides is 1. The van der Waals surface area contributed by atoms with E-state index in [1.165, 1.54) is 0 Å². The normalized spacial score (nSPS) is 10.3. The molecular weight excluding hydrogens is 284 g/mol. The molecule has 23 heavy (non-hydrogen) atoms. The van der Waals surface area contributed by atoms with Gasteiger partial charge in [0.1, 0.15) is 0 Å². The summed E-state index contributed by atoms with van der Waals surface area (Å²) in [4.78, 5) is 12.4. The molecule has 3 aromatic carbocycles. The number of rotatable bonds is 3. The molecule has 0 aliphatic carbocycles. The minimum Gasteiger partial charge on any atom is -0.399 e. The van der Waals surface area contributed by atoms with Crippen LogP contribution in [0.2, 0.25) is 0 Å². The van der Waals surface area contributed by atoms with Crippen LogP contribution >= 0.6 is 0 Å². The van der Waals surface area contributed by atoms with Gasteiger partial charge in [-0.05, 0) is 53.9 Å². The second kappa shape index (κ2) is 6.36. The second-order valence-corrected chi connectivity index (χ2v) is 5.47. The second-order valence-electron chi connectivity index (χ2n) is 5.47. The molecular formula is C20H18N2O. The molecule has 0 saturated heterocycles. The number of hydrogen-bond donors (Lipinski definition) is 2. The fourth-order valence-electron chi connectivity index (χ4n) is 2.47. The molecule has 0 fully saturated rings. The number of hydrogen-bond acceptors (Lipinski definition) is 2. The maximum absolute atomic E-state index is 12.4. The molecule has 3 heteroatoms. The van der Waals surface area contributed by atoms with Gasteiger partial charge >= 0.3 is 0 Å². The van der Waals surface area contributed by atoms with E-state index in [-0.39, 0.29) is 5.91 Å². The Bertz CT molecular complexity index is 824. The fourth-order valence-corrected chi connectivity index (χ4v) is 2.47. The highest BCUT2D eigenvalue weighted by molar-refractivity contribution is 6.05. The number of benzene rings is 3. The SMILES string of the molecule is Cc1cc(N)ccc1NC(=O)c1ccc(-c2ccccc2)cc1. The zero-order valence-electron chi connectivity index (χ0n) is 12.9. The molecule has 3 rings (SSSR count). The number of carbonyl (C=O) groups is 1. The molecule has 3 aromatic rings. The third-order valence-electron chi connectivity index (χ3n) is 3.75. The summed E-state index contributed by atoms with van der Waals surface area (Å²) >= 11 is 0. The van der Waals surface area contributed by atoms with E-state index in [2.05, 4.69) is 5.32 Å². The average molecular weight is 302 g/mol. The van der Waals surface area contributed by atoms with Crippen molar-refractivity contribution in [1.82, 2.24) is 0 Å². The van der Waals surface area contributed by atoms with Crippen molar-refractivity contribution in [2.24, 2.45) is 0 Å². The Morgan fingerprint density at radius 1 is 0.870 bits per heavy atom. The van der Waals surface area contributed by atoms with Crippen LogP contribution in [0.25, 0.3) is 11.1 Å². The van der Waals surface area contributed by atoms with E-state index in [4.69, 9.17) is 5.73 Å². The molecule has 0 aliphatic heterocycles. The van der Waals surface area contributed by atoms with Crippen LogP contribution in [0, 0.1) is 6.92 Å². The highest BCUT2D eigenvalue weighted by atomic mass is 16.1. The Hall–Kier alpha value is -3.07. The smallest absolute Gasteiger partial charge is 0.255 e. The summed E-state index contributed by atoms with van der Waals surface area (Å²) in [5.41, 5.74) is 11.0. The number of nitrogens with one attached hydrogen (secondary N) is 1. The van der Waals surface area contributed by atoms with E-state index >= 15 is 0 Å². The van der Waals surface area contributed by atoms with Crippen molar-refractivity contribution in [3.63, 3.8) is 0 Å². The van der Waals surface area contributed by atoms with Crippen LogP contribution < -0.4 is 11.1 Å². The van der Waals surface area contributed by atoms with E-state index in [1.54, 1.807) is 6.07 Å². The molecule has 0 saturated carbocycles. The summed E-state index contributed by atoms with van der Waals surface area (Å²) < 4.78 is 0. The Balaban J connectivity index is 1.78. The number of nitrogens with two attached hydrogens (primary N) is 1. The first-order valence-corrected chi connectivity index (χ1v) is 7.46. The fraction of sp³-hybridized carbons (Fsp3) is 0.0500. The molecule has 0 spiro atoms. The highest BCUT2D eigenvalue weighted by Crippen LogP contribution is 2.21. The summed E-state index contributed by atoms with van der Waals surface area (Å²) in [5, 5.41) is 2.92. The Labute approximate surface area is 135 Å². The van der Waals surface area contributed by atoms with E-state index in [0.29, 0.717) is 11.3 Å². The van der Waals surface area contributed by atoms with Gasteiger partial charge in [0, 0.05) is 16.9 Å². The first kappa shape index (κ1) is 14.9. The summed E-state index contributed by atoms with van der Waals surface area (Å²) in [6.07, 6.45) is 0. The van der Waals surface area contributed by atoms with Gasteiger partial charge in [0.25, 0.3) is 5.91 Å². The van der Waals surface area contributed by atoms with Gasteiger partial charge in [0.15, 0.2) is 0 Å². The molecule has 114 valence electrons. The van der Waals surface area contributed by atoms with Crippen molar-refractivity contribution in [3.05, 3.63) is 83.9 Å². The van der Waals surface area contributed by atoms with Gasteiger partial charge in [0.05, 0.1) is 0 Å². The molecule has 1 amide bonds. The zero-order valence-corrected chi connectivity index (χ0v) is 12.9. The predicted molar refractivity (Wildman–Crippen MR) is 95.4 cm³/mol. The van der Waals surface area contributed by atoms with Crippen LogP contribution in [-0.4, -0.2) is 5.91 Å². The van der Waals surface area contributed by atoms with Crippen molar-refractivity contribution in [2.45, 2.75) is 6.92 Å². The molecule has 3 N–H and O–H groups in total. The number of carbonyl (C=O) groups excluding carboxylic acids is 1. The molecule has 0 radical (unpaired) electrons. The molecule has 0 aliphatic rings. The molecule has 0 bridgehead atoms. The van der Waals surface area contributed by atoms with Gasteiger partial charge < -0.3 is 11.1 Å². The first-order valence-electron chi connectivity index (χ1n) is 7.46. The number of nitrogen functional groups attached to an aromatic ring is 1. The van der Waals surface area contributed by atoms with Crippen molar-refractivity contribution >= 4 is 17.3 Å². The van der Waals surface area contributed by atoms with Gasteiger partial charge in [-0.25, -0.2) is 0 Å². The van der Waals surface area contributed by atoms with E-state index < -0.39 is 0 Å². The van der Waals surface area contributed by atoms with Crippen molar-refractivity contribution in [3.8, 4) is 11.1 Å². The largest absolute Gasteiger partial charge is 0.399 e. The van der Waals surface area contributed by atoms with Crippen LogP contribution in [0.1, 0.15) is 15.9 Å². The average Bonchev–Trinajstić information content (AvgIpc) is 2.58. The van der Waals surface area contributed by atoms with Gasteiger partial charge in [0.2, 0.25) is 0 Å². The zero-order chi connectivity index (χ0) is 16.2. The van der Waals surface area contributed by atoms with Crippen LogP contribution in [0.4, 0.5) is 11.4 Å². The van der Waals surface area contributed by atoms with E-state index in [1.807, 2.05) is 73.7 Å². The summed E-state index contributed by atoms with van der Waals surface area (Å²) in [7, 11) is 0. The lowest BCUT2D eigenvalue weighted by Crippen LogP contribution is -2.12. The topological polar surface area (TPSA) is 55.1 Å². The molecule has 0 aromatic heterocycles. The highest BCUT2D eigenvalue weighted by Gasteiger charge is 2.08. The molecule has 0 atom stereocenters. The van der Waals surface area contributed by atoms with Crippen molar-refractivity contribution in [2.75, 3.05) is 11.1 Å². The van der Waals surface area contributed by atoms with Crippen LogP contribution in [0.15, 0.2) is 72.8 Å². The lowest BCUT2D eigenvalue weighted by molar-refractivity contribution is 0.102. The quantitative estimate of drug-likeness (QED) is 0.700. The number of anilines is 2. The minimum atomic E-state index is -0.127. The van der Waals surface area contributed by atoms with Gasteiger partial charge in [-0.3, -0.25) is 4.79 Å². The maximum Gasteiger partial charge on any atom is 0.255 e. The van der Waals surface area contributed by atoms with Crippen molar-refractivity contribution in [1.29, 1.82) is 0 Å².